The van der Waals surface area contributed by atoms with Gasteiger partial charge in [0.25, 0.3) is 0 Å². The van der Waals surface area contributed by atoms with E-state index in [1.54, 1.807) is 0 Å². The lowest BCUT2D eigenvalue weighted by Gasteiger charge is -2.52. The number of aryl methyl sites for hydroxylation is 1. The molecule has 2 amide bonds. The maximum atomic E-state index is 13.6. The smallest absolute Gasteiger partial charge is 0.245 e. The van der Waals surface area contributed by atoms with Crippen LogP contribution in [0.25, 0.3) is 0 Å². The Kier molecular flexibility index (Phi) is 7.25. The van der Waals surface area contributed by atoms with Gasteiger partial charge in [-0.2, -0.15) is 0 Å². The average Bonchev–Trinajstić information content (AvgIpc) is 2.76. The minimum Gasteiger partial charge on any atom is -0.375 e. The molecule has 3 fully saturated rings. The topological polar surface area (TPSA) is 70.7 Å². The normalized spacial score (nSPS) is 29.4. The molecule has 0 bridgehead atoms. The number of anilines is 1. The Morgan fingerprint density at radius 1 is 1.06 bits per heavy atom. The van der Waals surface area contributed by atoms with Crippen molar-refractivity contribution in [1.29, 1.82) is 0 Å². The minimum absolute atomic E-state index is 0.0188. The van der Waals surface area contributed by atoms with Crippen LogP contribution in [0.1, 0.15) is 57.9 Å². The number of hydrogen-bond acceptors (Lipinski definition) is 4. The molecule has 0 radical (unpaired) electrons. The Morgan fingerprint density at radius 2 is 1.67 bits per heavy atom. The largest absolute Gasteiger partial charge is 0.375 e. The van der Waals surface area contributed by atoms with Crippen molar-refractivity contribution in [3.8, 4) is 0 Å². The summed E-state index contributed by atoms with van der Waals surface area (Å²) in [7, 11) is 0. The molecule has 1 saturated carbocycles. The Morgan fingerprint density at radius 3 is 2.24 bits per heavy atom. The van der Waals surface area contributed by atoms with E-state index in [-0.39, 0.29) is 29.9 Å². The summed E-state index contributed by atoms with van der Waals surface area (Å²) in [5.74, 6) is 0.701. The molecular weight excluding hydrogens is 438 g/mol. The summed E-state index contributed by atoms with van der Waals surface area (Å²) >= 11 is 5.71. The Balaban J connectivity index is 1.33. The van der Waals surface area contributed by atoms with Gasteiger partial charge in [0, 0.05) is 38.2 Å². The van der Waals surface area contributed by atoms with E-state index in [0.717, 1.165) is 44.5 Å². The molecule has 182 valence electrons. The molecule has 2 atom stereocenters. The van der Waals surface area contributed by atoms with Gasteiger partial charge in [0.15, 0.2) is 0 Å². The fraction of sp³-hybridized carbons (Fsp3) is 0.692. The Bertz CT molecular complexity index is 833. The molecule has 2 unspecified atom stereocenters. The van der Waals surface area contributed by atoms with Crippen LogP contribution in [0.15, 0.2) is 24.3 Å². The number of carbonyl (C=O) groups is 2. The van der Waals surface area contributed by atoms with Crippen LogP contribution in [-0.2, 0) is 14.3 Å². The van der Waals surface area contributed by atoms with Crippen molar-refractivity contribution in [2.75, 3.05) is 30.8 Å². The van der Waals surface area contributed by atoms with Gasteiger partial charge in [-0.25, -0.2) is 0 Å². The van der Waals surface area contributed by atoms with Crippen LogP contribution in [-0.4, -0.2) is 60.0 Å². The van der Waals surface area contributed by atoms with Crippen molar-refractivity contribution in [2.24, 2.45) is 11.3 Å². The van der Waals surface area contributed by atoms with Gasteiger partial charge in [0.2, 0.25) is 11.8 Å². The fourth-order valence-electron chi connectivity index (χ4n) is 6.25. The molecule has 4 rings (SSSR count). The summed E-state index contributed by atoms with van der Waals surface area (Å²) in [5, 5.41) is 6.87. The van der Waals surface area contributed by atoms with Crippen LogP contribution < -0.4 is 10.6 Å². The summed E-state index contributed by atoms with van der Waals surface area (Å²) in [6, 6.07) is 8.23. The molecule has 1 aromatic carbocycles. The third kappa shape index (κ3) is 5.48. The Hall–Kier alpha value is -1.79. The first-order chi connectivity index (χ1) is 15.7. The molecule has 1 spiro atoms. The molecule has 1 aliphatic carbocycles. The quantitative estimate of drug-likeness (QED) is 0.607. The van der Waals surface area contributed by atoms with Gasteiger partial charge >= 0.3 is 0 Å². The first-order valence-corrected chi connectivity index (χ1v) is 12.9. The molecule has 2 N–H and O–H groups in total. The molecular formula is C26H38ClN3O3. The van der Waals surface area contributed by atoms with E-state index >= 15 is 0 Å². The number of nitrogens with one attached hydrogen (secondary N) is 2. The van der Waals surface area contributed by atoms with E-state index in [1.807, 2.05) is 30.9 Å². The second-order valence-electron chi connectivity index (χ2n) is 10.7. The molecule has 1 aromatic rings. The van der Waals surface area contributed by atoms with E-state index in [9.17, 15) is 9.59 Å². The SMILES string of the molecule is Cc1ccc(NC2(C(=O)NCC3CC4(CCN(C(=O)CCl)CC4)C3)CC(C)OC(C)C2)cc1. The predicted molar refractivity (Wildman–Crippen MR) is 131 cm³/mol. The number of likely N-dealkylation sites (tertiary alicyclic amines) is 1. The van der Waals surface area contributed by atoms with Gasteiger partial charge in [-0.05, 0) is 69.9 Å². The zero-order valence-electron chi connectivity index (χ0n) is 20.2. The van der Waals surface area contributed by atoms with Gasteiger partial charge in [-0.15, -0.1) is 11.6 Å². The highest BCUT2D eigenvalue weighted by Crippen LogP contribution is 2.52. The fourth-order valence-corrected chi connectivity index (χ4v) is 6.42. The number of benzene rings is 1. The van der Waals surface area contributed by atoms with Crippen LogP contribution in [0.4, 0.5) is 5.69 Å². The number of carbonyl (C=O) groups excluding carboxylic acids is 2. The number of hydrogen-bond donors (Lipinski definition) is 2. The number of rotatable bonds is 6. The number of amides is 2. The number of halogens is 1. The lowest BCUT2D eigenvalue weighted by Crippen LogP contribution is -2.60. The van der Waals surface area contributed by atoms with Crippen LogP contribution in [0.5, 0.6) is 0 Å². The van der Waals surface area contributed by atoms with Crippen LogP contribution in [0.2, 0.25) is 0 Å². The van der Waals surface area contributed by atoms with Gasteiger partial charge in [0.1, 0.15) is 11.4 Å². The molecule has 2 saturated heterocycles. The van der Waals surface area contributed by atoms with E-state index in [4.69, 9.17) is 16.3 Å². The predicted octanol–water partition coefficient (Wildman–Crippen LogP) is 4.11. The number of alkyl halides is 1. The van der Waals surface area contributed by atoms with Crippen LogP contribution in [0, 0.1) is 18.3 Å². The molecule has 2 aliphatic heterocycles. The summed E-state index contributed by atoms with van der Waals surface area (Å²) in [6.45, 7) is 8.49. The van der Waals surface area contributed by atoms with Gasteiger partial charge < -0.3 is 20.3 Å². The number of ether oxygens (including phenoxy) is 1. The first-order valence-electron chi connectivity index (χ1n) is 12.3. The maximum absolute atomic E-state index is 13.6. The summed E-state index contributed by atoms with van der Waals surface area (Å²) in [6.07, 6.45) is 5.69. The van der Waals surface area contributed by atoms with Gasteiger partial charge in [-0.1, -0.05) is 17.7 Å². The Labute approximate surface area is 202 Å². The first kappa shape index (κ1) is 24.3. The number of piperidine rings is 1. The molecule has 7 heteroatoms. The monoisotopic (exact) mass is 475 g/mol. The summed E-state index contributed by atoms with van der Waals surface area (Å²) in [5.41, 5.74) is 1.85. The molecule has 6 nitrogen and oxygen atoms in total. The van der Waals surface area contributed by atoms with Crippen molar-refractivity contribution in [1.82, 2.24) is 10.2 Å². The minimum atomic E-state index is -0.666. The third-order valence-electron chi connectivity index (χ3n) is 7.89. The summed E-state index contributed by atoms with van der Waals surface area (Å²) in [4.78, 5) is 27.3. The molecule has 3 aliphatic rings. The van der Waals surface area contributed by atoms with E-state index < -0.39 is 5.54 Å². The zero-order valence-corrected chi connectivity index (χ0v) is 20.9. The van der Waals surface area contributed by atoms with E-state index in [1.165, 1.54) is 5.56 Å². The summed E-state index contributed by atoms with van der Waals surface area (Å²) < 4.78 is 5.96. The van der Waals surface area contributed by atoms with E-state index in [2.05, 4.69) is 29.7 Å². The van der Waals surface area contributed by atoms with Crippen molar-refractivity contribution < 1.29 is 14.3 Å². The standard InChI is InChI=1S/C26H38ClN3O3/c1-18-4-6-22(7-5-18)29-26(12-19(2)33-20(3)13-26)24(32)28-17-21-14-25(15-21)8-10-30(11-9-25)23(31)16-27/h4-7,19-21,29H,8-17H2,1-3H3,(H,28,32). The zero-order chi connectivity index (χ0) is 23.6. The van der Waals surface area contributed by atoms with Gasteiger partial charge in [0.05, 0.1) is 12.2 Å². The second-order valence-corrected chi connectivity index (χ2v) is 11.0. The highest BCUT2D eigenvalue weighted by molar-refractivity contribution is 6.27. The highest BCUT2D eigenvalue weighted by atomic mass is 35.5. The van der Waals surface area contributed by atoms with Gasteiger partial charge in [-0.3, -0.25) is 9.59 Å². The lowest BCUT2D eigenvalue weighted by atomic mass is 9.57. The average molecular weight is 476 g/mol. The maximum Gasteiger partial charge on any atom is 0.245 e. The molecule has 0 aromatic heterocycles. The third-order valence-corrected chi connectivity index (χ3v) is 8.12. The van der Waals surface area contributed by atoms with Crippen molar-refractivity contribution in [3.05, 3.63) is 29.8 Å². The van der Waals surface area contributed by atoms with E-state index in [0.29, 0.717) is 30.7 Å². The van der Waals surface area contributed by atoms with Crippen molar-refractivity contribution in [2.45, 2.75) is 77.0 Å². The van der Waals surface area contributed by atoms with Crippen molar-refractivity contribution in [3.63, 3.8) is 0 Å². The molecule has 33 heavy (non-hydrogen) atoms. The lowest BCUT2D eigenvalue weighted by molar-refractivity contribution is -0.136. The highest BCUT2D eigenvalue weighted by Gasteiger charge is 2.48. The van der Waals surface area contributed by atoms with Crippen molar-refractivity contribution >= 4 is 29.1 Å². The number of nitrogens with zero attached hydrogens (tertiary/aromatic N) is 1. The van der Waals surface area contributed by atoms with Crippen LogP contribution in [0.3, 0.4) is 0 Å². The second kappa shape index (κ2) is 9.83. The molecule has 2 heterocycles. The van der Waals surface area contributed by atoms with Crippen LogP contribution >= 0.6 is 11.6 Å².